The number of carbonyl (C=O) groups excluding carboxylic acids is 1. The number of benzene rings is 1. The van der Waals surface area contributed by atoms with Crippen LogP contribution in [-0.4, -0.2) is 28.4 Å². The molecule has 0 unspecified atom stereocenters. The summed E-state index contributed by atoms with van der Waals surface area (Å²) in [4.78, 5) is 25.1. The molecule has 6 nitrogen and oxygen atoms in total. The van der Waals surface area contributed by atoms with Gasteiger partial charge in [-0.2, -0.15) is 0 Å². The van der Waals surface area contributed by atoms with Crippen LogP contribution >= 0.6 is 23.1 Å². The number of nitrogens with one attached hydrogen (secondary N) is 1. The van der Waals surface area contributed by atoms with E-state index in [0.717, 1.165) is 34.4 Å². The smallest absolute Gasteiger partial charge is 0.234 e. The molecule has 0 bridgehead atoms. The molecule has 31 heavy (non-hydrogen) atoms. The van der Waals surface area contributed by atoms with Gasteiger partial charge in [0.15, 0.2) is 11.5 Å². The fraction of sp³-hybridized carbons (Fsp3) is 0.435. The van der Waals surface area contributed by atoms with Gasteiger partial charge in [0.2, 0.25) is 12.7 Å². The Morgan fingerprint density at radius 3 is 2.97 bits per heavy atom. The average molecular weight is 454 g/mol. The second-order valence-electron chi connectivity index (χ2n) is 8.60. The molecule has 1 fully saturated rings. The predicted molar refractivity (Wildman–Crippen MR) is 122 cm³/mol. The second-order valence-corrected chi connectivity index (χ2v) is 10.6. The van der Waals surface area contributed by atoms with E-state index in [1.165, 1.54) is 46.9 Å². The van der Waals surface area contributed by atoms with Crippen molar-refractivity contribution in [1.29, 1.82) is 0 Å². The molecule has 8 heteroatoms. The van der Waals surface area contributed by atoms with Crippen molar-refractivity contribution in [1.82, 2.24) is 9.97 Å². The molecule has 1 saturated carbocycles. The summed E-state index contributed by atoms with van der Waals surface area (Å²) >= 11 is 3.36. The Morgan fingerprint density at radius 1 is 1.23 bits per heavy atom. The summed E-state index contributed by atoms with van der Waals surface area (Å²) in [6, 6.07) is 5.45. The number of aryl methyl sites for hydroxylation is 1. The lowest BCUT2D eigenvalue weighted by Crippen LogP contribution is -2.14. The van der Waals surface area contributed by atoms with E-state index in [9.17, 15) is 4.79 Å². The largest absolute Gasteiger partial charge is 0.454 e. The molecule has 160 valence electrons. The highest BCUT2D eigenvalue weighted by Gasteiger charge is 2.30. The third-order valence-corrected chi connectivity index (χ3v) is 8.20. The van der Waals surface area contributed by atoms with Crippen LogP contribution in [0.4, 0.5) is 5.69 Å². The van der Waals surface area contributed by atoms with E-state index in [-0.39, 0.29) is 12.7 Å². The van der Waals surface area contributed by atoms with Gasteiger partial charge in [-0.1, -0.05) is 18.7 Å². The molecule has 6 rings (SSSR count). The Labute approximate surface area is 188 Å². The van der Waals surface area contributed by atoms with Crippen molar-refractivity contribution in [2.75, 3.05) is 17.9 Å². The molecule has 3 aromatic rings. The SMILES string of the molecule is C[C@@H]1CCc2c(sc3nc(C4CC4)nc(SCC(=O)Nc4ccc5c(c4)OCO5)c23)C1. The van der Waals surface area contributed by atoms with Crippen LogP contribution in [0.1, 0.15) is 48.4 Å². The van der Waals surface area contributed by atoms with E-state index in [0.29, 0.717) is 28.9 Å². The Kier molecular flexibility index (Phi) is 4.79. The quantitative estimate of drug-likeness (QED) is 0.425. The first-order valence-electron chi connectivity index (χ1n) is 10.8. The zero-order valence-electron chi connectivity index (χ0n) is 17.3. The first kappa shape index (κ1) is 19.4. The number of thiophene rings is 1. The first-order chi connectivity index (χ1) is 15.1. The van der Waals surface area contributed by atoms with Gasteiger partial charge in [-0.25, -0.2) is 9.97 Å². The summed E-state index contributed by atoms with van der Waals surface area (Å²) in [5, 5.41) is 5.13. The number of hydrogen-bond acceptors (Lipinski definition) is 7. The Hall–Kier alpha value is -2.32. The average Bonchev–Trinajstić information content (AvgIpc) is 3.39. The molecule has 3 aliphatic rings. The Bertz CT molecular complexity index is 1190. The molecule has 2 aromatic heterocycles. The number of hydrogen-bond donors (Lipinski definition) is 1. The van der Waals surface area contributed by atoms with Crippen LogP contribution in [-0.2, 0) is 17.6 Å². The van der Waals surface area contributed by atoms with Gasteiger partial charge in [0.1, 0.15) is 15.7 Å². The molecular weight excluding hydrogens is 430 g/mol. The van der Waals surface area contributed by atoms with Crippen LogP contribution in [0.15, 0.2) is 23.2 Å². The van der Waals surface area contributed by atoms with Crippen molar-refractivity contribution in [2.45, 2.75) is 50.0 Å². The molecule has 0 saturated heterocycles. The third-order valence-electron chi connectivity index (χ3n) is 6.08. The summed E-state index contributed by atoms with van der Waals surface area (Å²) in [6.07, 6.45) is 5.76. The summed E-state index contributed by atoms with van der Waals surface area (Å²) in [6.45, 7) is 2.55. The van der Waals surface area contributed by atoms with E-state index in [2.05, 4.69) is 12.2 Å². The zero-order valence-corrected chi connectivity index (χ0v) is 18.9. The third kappa shape index (κ3) is 3.76. The molecule has 3 heterocycles. The summed E-state index contributed by atoms with van der Waals surface area (Å²) in [5.74, 6) is 3.80. The number of rotatable bonds is 5. The fourth-order valence-corrected chi connectivity index (χ4v) is 6.58. The van der Waals surface area contributed by atoms with Gasteiger partial charge in [-0.15, -0.1) is 11.3 Å². The normalized spacial score (nSPS) is 19.5. The van der Waals surface area contributed by atoms with Gasteiger partial charge in [0.05, 0.1) is 5.75 Å². The van der Waals surface area contributed by atoms with Crippen molar-refractivity contribution in [3.8, 4) is 11.5 Å². The molecule has 1 aliphatic heterocycles. The van der Waals surface area contributed by atoms with E-state index in [4.69, 9.17) is 19.4 Å². The fourth-order valence-electron chi connectivity index (χ4n) is 4.26. The number of ether oxygens (including phenoxy) is 2. The van der Waals surface area contributed by atoms with Crippen molar-refractivity contribution >= 4 is 44.9 Å². The highest BCUT2D eigenvalue weighted by Crippen LogP contribution is 2.44. The van der Waals surface area contributed by atoms with Crippen LogP contribution in [0.2, 0.25) is 0 Å². The number of carbonyl (C=O) groups is 1. The summed E-state index contributed by atoms with van der Waals surface area (Å²) in [7, 11) is 0. The maximum absolute atomic E-state index is 12.7. The van der Waals surface area contributed by atoms with Gasteiger partial charge < -0.3 is 14.8 Å². The molecular formula is C23H23N3O3S2. The molecule has 1 N–H and O–H groups in total. The number of aromatic nitrogens is 2. The lowest BCUT2D eigenvalue weighted by Gasteiger charge is -2.18. The van der Waals surface area contributed by atoms with E-state index >= 15 is 0 Å². The first-order valence-corrected chi connectivity index (χ1v) is 12.6. The molecule has 1 amide bonds. The minimum Gasteiger partial charge on any atom is -0.454 e. The molecule has 1 aromatic carbocycles. The van der Waals surface area contributed by atoms with E-state index in [1.807, 2.05) is 23.5 Å². The monoisotopic (exact) mass is 453 g/mol. The highest BCUT2D eigenvalue weighted by molar-refractivity contribution is 8.00. The van der Waals surface area contributed by atoms with Crippen LogP contribution in [0, 0.1) is 5.92 Å². The topological polar surface area (TPSA) is 73.3 Å². The molecule has 0 spiro atoms. The molecule has 1 atom stereocenters. The number of anilines is 1. The lowest BCUT2D eigenvalue weighted by molar-refractivity contribution is -0.113. The number of thioether (sulfide) groups is 1. The van der Waals surface area contributed by atoms with Crippen molar-refractivity contribution < 1.29 is 14.3 Å². The minimum atomic E-state index is -0.0543. The van der Waals surface area contributed by atoms with Gasteiger partial charge in [0.25, 0.3) is 0 Å². The van der Waals surface area contributed by atoms with Gasteiger partial charge in [-0.3, -0.25) is 4.79 Å². The summed E-state index contributed by atoms with van der Waals surface area (Å²) < 4.78 is 10.7. The number of nitrogens with zero attached hydrogens (tertiary/aromatic N) is 2. The highest BCUT2D eigenvalue weighted by atomic mass is 32.2. The van der Waals surface area contributed by atoms with Crippen LogP contribution < -0.4 is 14.8 Å². The van der Waals surface area contributed by atoms with Gasteiger partial charge in [0, 0.05) is 27.9 Å². The lowest BCUT2D eigenvalue weighted by atomic mass is 9.89. The second kappa shape index (κ2) is 7.67. The van der Waals surface area contributed by atoms with Crippen LogP contribution in [0.5, 0.6) is 11.5 Å². The maximum atomic E-state index is 12.7. The summed E-state index contributed by atoms with van der Waals surface area (Å²) in [5.41, 5.74) is 2.13. The maximum Gasteiger partial charge on any atom is 0.234 e. The van der Waals surface area contributed by atoms with Crippen molar-refractivity contribution in [3.63, 3.8) is 0 Å². The van der Waals surface area contributed by atoms with Crippen molar-refractivity contribution in [2.24, 2.45) is 5.92 Å². The van der Waals surface area contributed by atoms with Gasteiger partial charge in [-0.05, 0) is 55.7 Å². The zero-order chi connectivity index (χ0) is 20.9. The standard InChI is InChI=1S/C23H23N3O3S2/c1-12-2-6-15-18(8-12)31-23-20(15)22(25-21(26-23)13-3-4-13)30-10-19(27)24-14-5-7-16-17(9-14)29-11-28-16/h5,7,9,12-13H,2-4,6,8,10-11H2,1H3,(H,24,27)/t12-/m1/s1. The Morgan fingerprint density at radius 2 is 2.10 bits per heavy atom. The van der Waals surface area contributed by atoms with Gasteiger partial charge >= 0.3 is 0 Å². The molecule has 0 radical (unpaired) electrons. The van der Waals surface area contributed by atoms with Crippen molar-refractivity contribution in [3.05, 3.63) is 34.5 Å². The number of amides is 1. The van der Waals surface area contributed by atoms with E-state index in [1.54, 1.807) is 6.07 Å². The van der Waals surface area contributed by atoms with Crippen LogP contribution in [0.25, 0.3) is 10.2 Å². The number of fused-ring (bicyclic) bond motifs is 4. The predicted octanol–water partition coefficient (Wildman–Crippen LogP) is 5.15. The van der Waals surface area contributed by atoms with E-state index < -0.39 is 0 Å². The van der Waals surface area contributed by atoms with Crippen LogP contribution in [0.3, 0.4) is 0 Å². The Balaban J connectivity index is 1.24. The molecule has 2 aliphatic carbocycles. The minimum absolute atomic E-state index is 0.0543.